The van der Waals surface area contributed by atoms with Crippen LogP contribution in [0.5, 0.6) is 5.75 Å². The maximum absolute atomic E-state index is 5.68. The van der Waals surface area contributed by atoms with E-state index in [0.29, 0.717) is 24.9 Å². The van der Waals surface area contributed by atoms with Gasteiger partial charge in [0.05, 0.1) is 24.4 Å². The van der Waals surface area contributed by atoms with E-state index in [1.807, 2.05) is 38.1 Å². The first-order chi connectivity index (χ1) is 13.7. The number of thiazole rings is 1. The second-order valence-corrected chi connectivity index (χ2v) is 7.67. The van der Waals surface area contributed by atoms with Crippen LogP contribution in [0, 0.1) is 6.92 Å². The molecule has 1 saturated heterocycles. The van der Waals surface area contributed by atoms with E-state index in [0.717, 1.165) is 54.7 Å². The molecule has 0 bridgehead atoms. The van der Waals surface area contributed by atoms with E-state index in [9.17, 15) is 0 Å². The molecule has 7 nitrogen and oxygen atoms in total. The van der Waals surface area contributed by atoms with Gasteiger partial charge >= 0.3 is 0 Å². The van der Waals surface area contributed by atoms with Crippen LogP contribution in [0.1, 0.15) is 24.9 Å². The third-order valence-corrected chi connectivity index (χ3v) is 5.74. The number of anilines is 1. The van der Waals surface area contributed by atoms with Crippen LogP contribution < -0.4 is 9.64 Å². The Morgan fingerprint density at radius 2 is 2.04 bits per heavy atom. The van der Waals surface area contributed by atoms with E-state index in [-0.39, 0.29) is 0 Å². The minimum atomic E-state index is 0.578. The van der Waals surface area contributed by atoms with Gasteiger partial charge in [0.2, 0.25) is 11.7 Å². The number of para-hydroxylation sites is 1. The predicted molar refractivity (Wildman–Crippen MR) is 110 cm³/mol. The molecule has 0 amide bonds. The van der Waals surface area contributed by atoms with Gasteiger partial charge in [-0.25, -0.2) is 4.98 Å². The fraction of sp³-hybridized carbons (Fsp3) is 0.450. The second-order valence-electron chi connectivity index (χ2n) is 6.83. The van der Waals surface area contributed by atoms with Crippen LogP contribution in [0.3, 0.4) is 0 Å². The van der Waals surface area contributed by atoms with Gasteiger partial charge in [-0.2, -0.15) is 4.98 Å². The van der Waals surface area contributed by atoms with Crippen LogP contribution in [-0.2, 0) is 6.54 Å². The van der Waals surface area contributed by atoms with E-state index < -0.39 is 0 Å². The number of aryl methyl sites for hydroxylation is 1. The monoisotopic (exact) mass is 399 g/mol. The Morgan fingerprint density at radius 3 is 2.86 bits per heavy atom. The highest BCUT2D eigenvalue weighted by Gasteiger charge is 2.20. The number of hydrogen-bond donors (Lipinski definition) is 0. The summed E-state index contributed by atoms with van der Waals surface area (Å²) in [7, 11) is 0. The zero-order valence-electron chi connectivity index (χ0n) is 16.3. The number of ether oxygens (including phenoxy) is 1. The van der Waals surface area contributed by atoms with E-state index in [1.54, 1.807) is 11.3 Å². The molecule has 3 heterocycles. The fourth-order valence-corrected chi connectivity index (χ4v) is 4.22. The number of benzene rings is 1. The summed E-state index contributed by atoms with van der Waals surface area (Å²) in [4.78, 5) is 14.0. The second kappa shape index (κ2) is 8.70. The molecule has 3 aromatic rings. The van der Waals surface area contributed by atoms with Crippen LogP contribution in [-0.4, -0.2) is 52.8 Å². The van der Waals surface area contributed by atoms with Gasteiger partial charge in [0, 0.05) is 31.6 Å². The smallest absolute Gasteiger partial charge is 0.241 e. The third kappa shape index (κ3) is 4.34. The first kappa shape index (κ1) is 18.9. The molecule has 28 heavy (non-hydrogen) atoms. The first-order valence-electron chi connectivity index (χ1n) is 9.67. The lowest BCUT2D eigenvalue weighted by atomic mass is 10.2. The SMILES string of the molecule is CCOc1ccccc1-c1noc(CN2CCCN(c3nc(C)cs3)CC2)n1. The highest BCUT2D eigenvalue weighted by molar-refractivity contribution is 7.13. The molecule has 148 valence electrons. The summed E-state index contributed by atoms with van der Waals surface area (Å²) >= 11 is 1.72. The van der Waals surface area contributed by atoms with Crippen molar-refractivity contribution in [2.45, 2.75) is 26.8 Å². The van der Waals surface area contributed by atoms with Crippen molar-refractivity contribution in [3.05, 3.63) is 41.2 Å². The average Bonchev–Trinajstić information content (AvgIpc) is 3.27. The summed E-state index contributed by atoms with van der Waals surface area (Å²) in [5.74, 6) is 2.00. The molecule has 0 aliphatic carbocycles. The van der Waals surface area contributed by atoms with E-state index >= 15 is 0 Å². The molecule has 0 spiro atoms. The molecule has 0 radical (unpaired) electrons. The third-order valence-electron chi connectivity index (χ3n) is 4.72. The molecule has 0 unspecified atom stereocenters. The van der Waals surface area contributed by atoms with Crippen molar-refractivity contribution < 1.29 is 9.26 Å². The van der Waals surface area contributed by atoms with Crippen molar-refractivity contribution in [3.63, 3.8) is 0 Å². The van der Waals surface area contributed by atoms with Crippen molar-refractivity contribution in [2.24, 2.45) is 0 Å². The molecule has 1 fully saturated rings. The van der Waals surface area contributed by atoms with Crippen molar-refractivity contribution in [3.8, 4) is 17.1 Å². The molecule has 0 N–H and O–H groups in total. The quantitative estimate of drug-likeness (QED) is 0.627. The molecule has 8 heteroatoms. The molecule has 4 rings (SSSR count). The summed E-state index contributed by atoms with van der Waals surface area (Å²) in [6.07, 6.45) is 1.09. The molecule has 2 aromatic heterocycles. The highest BCUT2D eigenvalue weighted by Crippen LogP contribution is 2.28. The maximum Gasteiger partial charge on any atom is 0.241 e. The van der Waals surface area contributed by atoms with Crippen LogP contribution in [0.2, 0.25) is 0 Å². The summed E-state index contributed by atoms with van der Waals surface area (Å²) in [6.45, 7) is 9.22. The summed E-state index contributed by atoms with van der Waals surface area (Å²) < 4.78 is 11.2. The predicted octanol–water partition coefficient (Wildman–Crippen LogP) is 3.61. The molecule has 1 aliphatic heterocycles. The first-order valence-corrected chi connectivity index (χ1v) is 10.5. The van der Waals surface area contributed by atoms with Gasteiger partial charge in [0.15, 0.2) is 5.13 Å². The maximum atomic E-state index is 5.68. The highest BCUT2D eigenvalue weighted by atomic mass is 32.1. The van der Waals surface area contributed by atoms with Crippen molar-refractivity contribution >= 4 is 16.5 Å². The summed E-state index contributed by atoms with van der Waals surface area (Å²) in [6, 6.07) is 7.79. The van der Waals surface area contributed by atoms with Gasteiger partial charge in [0.1, 0.15) is 5.75 Å². The number of rotatable bonds is 6. The number of aromatic nitrogens is 3. The van der Waals surface area contributed by atoms with Gasteiger partial charge < -0.3 is 14.2 Å². The number of hydrogen-bond acceptors (Lipinski definition) is 8. The molecule has 1 aliphatic rings. The topological polar surface area (TPSA) is 67.5 Å². The van der Waals surface area contributed by atoms with E-state index in [2.05, 4.69) is 30.3 Å². The summed E-state index contributed by atoms with van der Waals surface area (Å²) in [5.41, 5.74) is 1.95. The summed E-state index contributed by atoms with van der Waals surface area (Å²) in [5, 5.41) is 7.40. The normalized spacial score (nSPS) is 15.6. The molecular weight excluding hydrogens is 374 g/mol. The average molecular weight is 400 g/mol. The standard InChI is InChI=1S/C20H25N5O2S/c1-3-26-17-8-5-4-7-16(17)19-22-18(27-23-19)13-24-9-6-10-25(12-11-24)20-21-15(2)14-28-20/h4-5,7-8,14H,3,6,9-13H2,1-2H3. The largest absolute Gasteiger partial charge is 0.493 e. The zero-order chi connectivity index (χ0) is 19.3. The minimum Gasteiger partial charge on any atom is -0.493 e. The van der Waals surface area contributed by atoms with Gasteiger partial charge in [-0.05, 0) is 32.4 Å². The lowest BCUT2D eigenvalue weighted by molar-refractivity contribution is 0.239. The van der Waals surface area contributed by atoms with Crippen LogP contribution in [0.25, 0.3) is 11.4 Å². The Morgan fingerprint density at radius 1 is 1.14 bits per heavy atom. The molecule has 0 atom stereocenters. The van der Waals surface area contributed by atoms with Gasteiger partial charge in [-0.1, -0.05) is 17.3 Å². The van der Waals surface area contributed by atoms with Crippen LogP contribution >= 0.6 is 11.3 Å². The number of nitrogens with zero attached hydrogens (tertiary/aromatic N) is 5. The Kier molecular flexibility index (Phi) is 5.87. The van der Waals surface area contributed by atoms with Gasteiger partial charge in [-0.3, -0.25) is 4.90 Å². The zero-order valence-corrected chi connectivity index (χ0v) is 17.1. The van der Waals surface area contributed by atoms with Gasteiger partial charge in [0.25, 0.3) is 0 Å². The molecular formula is C20H25N5O2S. The van der Waals surface area contributed by atoms with Gasteiger partial charge in [-0.15, -0.1) is 11.3 Å². The van der Waals surface area contributed by atoms with Crippen LogP contribution in [0.4, 0.5) is 5.13 Å². The van der Waals surface area contributed by atoms with Crippen LogP contribution in [0.15, 0.2) is 34.2 Å². The Bertz CT molecular complexity index is 909. The minimum absolute atomic E-state index is 0.578. The van der Waals surface area contributed by atoms with Crippen molar-refractivity contribution in [1.82, 2.24) is 20.0 Å². The molecule has 0 saturated carbocycles. The molecule has 1 aromatic carbocycles. The lowest BCUT2D eigenvalue weighted by Gasteiger charge is -2.20. The lowest BCUT2D eigenvalue weighted by Crippen LogP contribution is -2.30. The van der Waals surface area contributed by atoms with Crippen molar-refractivity contribution in [2.75, 3.05) is 37.7 Å². The Balaban J connectivity index is 1.40. The van der Waals surface area contributed by atoms with E-state index in [4.69, 9.17) is 9.26 Å². The fourth-order valence-electron chi connectivity index (χ4n) is 3.36. The van der Waals surface area contributed by atoms with Crippen molar-refractivity contribution in [1.29, 1.82) is 0 Å². The Labute approximate surface area is 169 Å². The van der Waals surface area contributed by atoms with E-state index in [1.165, 1.54) is 0 Å². The Hall–Kier alpha value is -2.45.